The molecule has 0 spiro atoms. The summed E-state index contributed by atoms with van der Waals surface area (Å²) in [6.07, 6.45) is 1.55. The maximum atomic E-state index is 12.0. The molecule has 0 aromatic heterocycles. The SMILES string of the molecule is CCOc1ccc(C2=N/C(=C/c3ccc(C(=O)O)cc3)C(=O)O2)cc1. The van der Waals surface area contributed by atoms with Gasteiger partial charge in [0, 0.05) is 5.56 Å². The third kappa shape index (κ3) is 3.74. The Kier molecular flexibility index (Phi) is 4.61. The summed E-state index contributed by atoms with van der Waals surface area (Å²) in [6, 6.07) is 13.2. The molecule has 25 heavy (non-hydrogen) atoms. The van der Waals surface area contributed by atoms with Gasteiger partial charge in [0.2, 0.25) is 5.90 Å². The number of esters is 1. The van der Waals surface area contributed by atoms with E-state index in [2.05, 4.69) is 4.99 Å². The minimum atomic E-state index is -1.00. The van der Waals surface area contributed by atoms with Crippen LogP contribution in [0.15, 0.2) is 59.2 Å². The number of carbonyl (C=O) groups excluding carboxylic acids is 1. The molecule has 0 unspecified atom stereocenters. The van der Waals surface area contributed by atoms with E-state index in [1.807, 2.05) is 6.92 Å². The van der Waals surface area contributed by atoms with Crippen molar-refractivity contribution < 1.29 is 24.2 Å². The summed E-state index contributed by atoms with van der Waals surface area (Å²) in [6.45, 7) is 2.47. The van der Waals surface area contributed by atoms with Crippen molar-refractivity contribution in [3.05, 3.63) is 70.9 Å². The number of ether oxygens (including phenoxy) is 2. The molecule has 0 radical (unpaired) electrons. The van der Waals surface area contributed by atoms with Crippen molar-refractivity contribution in [1.29, 1.82) is 0 Å². The average molecular weight is 337 g/mol. The lowest BCUT2D eigenvalue weighted by molar-refractivity contribution is -0.129. The Balaban J connectivity index is 1.82. The van der Waals surface area contributed by atoms with Crippen LogP contribution in [-0.2, 0) is 9.53 Å². The van der Waals surface area contributed by atoms with E-state index in [1.165, 1.54) is 12.1 Å². The molecule has 0 saturated carbocycles. The lowest BCUT2D eigenvalue weighted by atomic mass is 10.1. The third-order valence-corrected chi connectivity index (χ3v) is 3.49. The molecule has 126 valence electrons. The van der Waals surface area contributed by atoms with Crippen LogP contribution in [0.25, 0.3) is 6.08 Å². The molecule has 0 fully saturated rings. The van der Waals surface area contributed by atoms with E-state index in [0.29, 0.717) is 17.7 Å². The number of benzene rings is 2. The fraction of sp³-hybridized carbons (Fsp3) is 0.105. The Morgan fingerprint density at radius 1 is 1.16 bits per heavy atom. The molecule has 0 amide bonds. The van der Waals surface area contributed by atoms with Crippen molar-refractivity contribution >= 4 is 23.9 Å². The maximum absolute atomic E-state index is 12.0. The van der Waals surface area contributed by atoms with Crippen LogP contribution >= 0.6 is 0 Å². The summed E-state index contributed by atoms with van der Waals surface area (Å²) in [7, 11) is 0. The van der Waals surface area contributed by atoms with Crippen molar-refractivity contribution in [2.24, 2.45) is 4.99 Å². The van der Waals surface area contributed by atoms with Gasteiger partial charge >= 0.3 is 11.9 Å². The first-order chi connectivity index (χ1) is 12.1. The third-order valence-electron chi connectivity index (χ3n) is 3.49. The minimum Gasteiger partial charge on any atom is -0.494 e. The van der Waals surface area contributed by atoms with E-state index in [9.17, 15) is 9.59 Å². The van der Waals surface area contributed by atoms with Crippen LogP contribution in [0, 0.1) is 0 Å². The minimum absolute atomic E-state index is 0.159. The number of rotatable bonds is 5. The fourth-order valence-corrected chi connectivity index (χ4v) is 2.27. The summed E-state index contributed by atoms with van der Waals surface area (Å²) in [5.41, 5.74) is 1.66. The normalized spacial score (nSPS) is 15.0. The molecule has 1 heterocycles. The van der Waals surface area contributed by atoms with Crippen LogP contribution < -0.4 is 4.74 Å². The van der Waals surface area contributed by atoms with E-state index in [0.717, 1.165) is 5.75 Å². The molecule has 3 rings (SSSR count). The van der Waals surface area contributed by atoms with Gasteiger partial charge in [-0.25, -0.2) is 14.6 Å². The van der Waals surface area contributed by atoms with Gasteiger partial charge in [0.1, 0.15) is 5.75 Å². The Morgan fingerprint density at radius 2 is 1.84 bits per heavy atom. The molecule has 2 aromatic carbocycles. The molecule has 6 heteroatoms. The standard InChI is InChI=1S/C19H15NO5/c1-2-24-15-9-7-13(8-10-15)17-20-16(19(23)25-17)11-12-3-5-14(6-4-12)18(21)22/h3-11H,2H2,1H3,(H,21,22)/b16-11+. The average Bonchev–Trinajstić information content (AvgIpc) is 2.97. The Morgan fingerprint density at radius 3 is 2.44 bits per heavy atom. The first-order valence-electron chi connectivity index (χ1n) is 7.66. The van der Waals surface area contributed by atoms with Crippen molar-refractivity contribution in [3.63, 3.8) is 0 Å². The highest BCUT2D eigenvalue weighted by Gasteiger charge is 2.24. The van der Waals surface area contributed by atoms with Crippen LogP contribution in [0.2, 0.25) is 0 Å². The van der Waals surface area contributed by atoms with Gasteiger partial charge in [-0.3, -0.25) is 0 Å². The van der Waals surface area contributed by atoms with E-state index in [4.69, 9.17) is 14.6 Å². The molecular weight excluding hydrogens is 322 g/mol. The van der Waals surface area contributed by atoms with Gasteiger partial charge in [-0.1, -0.05) is 12.1 Å². The van der Waals surface area contributed by atoms with Gasteiger partial charge in [0.25, 0.3) is 0 Å². The highest BCUT2D eigenvalue weighted by molar-refractivity contribution is 6.12. The number of hydrogen-bond acceptors (Lipinski definition) is 5. The molecule has 0 saturated heterocycles. The predicted octanol–water partition coefficient (Wildman–Crippen LogP) is 3.13. The second-order valence-corrected chi connectivity index (χ2v) is 5.22. The number of carbonyl (C=O) groups is 2. The summed E-state index contributed by atoms with van der Waals surface area (Å²) < 4.78 is 10.6. The second-order valence-electron chi connectivity index (χ2n) is 5.22. The van der Waals surface area contributed by atoms with Gasteiger partial charge < -0.3 is 14.6 Å². The first kappa shape index (κ1) is 16.4. The Labute approximate surface area is 144 Å². The molecule has 0 atom stereocenters. The quantitative estimate of drug-likeness (QED) is 0.669. The van der Waals surface area contributed by atoms with E-state index < -0.39 is 11.9 Å². The zero-order chi connectivity index (χ0) is 17.8. The molecular formula is C19H15NO5. The van der Waals surface area contributed by atoms with Gasteiger partial charge in [0.15, 0.2) is 5.70 Å². The van der Waals surface area contributed by atoms with Gasteiger partial charge in [-0.2, -0.15) is 0 Å². The molecule has 1 N–H and O–H groups in total. The number of carboxylic acids is 1. The lowest BCUT2D eigenvalue weighted by Gasteiger charge is -2.03. The van der Waals surface area contributed by atoms with Crippen molar-refractivity contribution in [3.8, 4) is 5.75 Å². The summed E-state index contributed by atoms with van der Waals surface area (Å²) in [5, 5.41) is 8.90. The van der Waals surface area contributed by atoms with Crippen molar-refractivity contribution in [2.45, 2.75) is 6.92 Å². The zero-order valence-corrected chi connectivity index (χ0v) is 13.4. The number of carboxylic acid groups (broad SMARTS) is 1. The summed E-state index contributed by atoms with van der Waals surface area (Å²) in [5.74, 6) is -0.603. The number of hydrogen-bond donors (Lipinski definition) is 1. The predicted molar refractivity (Wildman–Crippen MR) is 91.6 cm³/mol. The van der Waals surface area contributed by atoms with Gasteiger partial charge in [0.05, 0.1) is 12.2 Å². The summed E-state index contributed by atoms with van der Waals surface area (Å²) >= 11 is 0. The first-order valence-corrected chi connectivity index (χ1v) is 7.66. The number of nitrogens with zero attached hydrogens (tertiary/aromatic N) is 1. The van der Waals surface area contributed by atoms with Gasteiger partial charge in [-0.05, 0) is 55.0 Å². The topological polar surface area (TPSA) is 85.2 Å². The smallest absolute Gasteiger partial charge is 0.363 e. The molecule has 1 aliphatic heterocycles. The number of aromatic carboxylic acids is 1. The lowest BCUT2D eigenvalue weighted by Crippen LogP contribution is -2.05. The molecule has 0 aliphatic carbocycles. The molecule has 1 aliphatic rings. The van der Waals surface area contributed by atoms with Crippen molar-refractivity contribution in [1.82, 2.24) is 0 Å². The second kappa shape index (κ2) is 7.00. The monoisotopic (exact) mass is 337 g/mol. The molecule has 2 aromatic rings. The van der Waals surface area contributed by atoms with Crippen LogP contribution in [0.4, 0.5) is 0 Å². The molecule has 0 bridgehead atoms. The fourth-order valence-electron chi connectivity index (χ4n) is 2.27. The Bertz CT molecular complexity index is 864. The maximum Gasteiger partial charge on any atom is 0.363 e. The Hall–Kier alpha value is -3.41. The van der Waals surface area contributed by atoms with Crippen LogP contribution in [0.1, 0.15) is 28.4 Å². The number of aliphatic imine (C=N–C) groups is 1. The summed E-state index contributed by atoms with van der Waals surface area (Å²) in [4.78, 5) is 27.1. The highest BCUT2D eigenvalue weighted by Crippen LogP contribution is 2.21. The zero-order valence-electron chi connectivity index (χ0n) is 13.4. The van der Waals surface area contributed by atoms with E-state index in [1.54, 1.807) is 42.5 Å². The van der Waals surface area contributed by atoms with Gasteiger partial charge in [-0.15, -0.1) is 0 Å². The molecule has 6 nitrogen and oxygen atoms in total. The van der Waals surface area contributed by atoms with Crippen LogP contribution in [0.5, 0.6) is 5.75 Å². The largest absolute Gasteiger partial charge is 0.494 e. The highest BCUT2D eigenvalue weighted by atomic mass is 16.6. The van der Waals surface area contributed by atoms with Crippen LogP contribution in [0.3, 0.4) is 0 Å². The van der Waals surface area contributed by atoms with E-state index in [-0.39, 0.29) is 17.2 Å². The van der Waals surface area contributed by atoms with Crippen LogP contribution in [-0.4, -0.2) is 29.5 Å². The van der Waals surface area contributed by atoms with E-state index >= 15 is 0 Å². The number of cyclic esters (lactones) is 1. The van der Waals surface area contributed by atoms with Crippen molar-refractivity contribution in [2.75, 3.05) is 6.61 Å².